The van der Waals surface area contributed by atoms with Crippen molar-refractivity contribution in [3.05, 3.63) is 71.3 Å². The van der Waals surface area contributed by atoms with Crippen molar-refractivity contribution in [2.75, 3.05) is 6.61 Å². The van der Waals surface area contributed by atoms with Crippen LogP contribution in [-0.4, -0.2) is 17.6 Å². The van der Waals surface area contributed by atoms with Crippen LogP contribution in [0.25, 0.3) is 0 Å². The Balaban J connectivity index is 1.94. The molecule has 2 rings (SSSR count). The van der Waals surface area contributed by atoms with Crippen molar-refractivity contribution >= 4 is 5.91 Å². The minimum atomic E-state index is -0.636. The number of hydrogen-bond donors (Lipinski definition) is 2. The molecule has 1 atom stereocenters. The van der Waals surface area contributed by atoms with E-state index in [-0.39, 0.29) is 31.4 Å². The fourth-order valence-electron chi connectivity index (χ4n) is 2.54. The van der Waals surface area contributed by atoms with Gasteiger partial charge in [-0.15, -0.1) is 0 Å². The summed E-state index contributed by atoms with van der Waals surface area (Å²) in [6, 6.07) is 12.7. The summed E-state index contributed by atoms with van der Waals surface area (Å²) in [7, 11) is 0. The number of carbonyl (C=O) groups is 1. The fraction of sp³-hybridized carbons (Fsp3) is 0.316. The second kappa shape index (κ2) is 9.13. The van der Waals surface area contributed by atoms with Gasteiger partial charge in [-0.2, -0.15) is 0 Å². The number of hydrogen-bond acceptors (Lipinski definition) is 2. The van der Waals surface area contributed by atoms with Crippen molar-refractivity contribution in [2.45, 2.75) is 31.7 Å². The Morgan fingerprint density at radius 3 is 2.54 bits per heavy atom. The van der Waals surface area contributed by atoms with E-state index in [2.05, 4.69) is 5.32 Å². The van der Waals surface area contributed by atoms with Gasteiger partial charge in [-0.1, -0.05) is 36.4 Å². The Morgan fingerprint density at radius 2 is 1.88 bits per heavy atom. The molecule has 0 aromatic heterocycles. The molecule has 1 amide bonds. The zero-order valence-electron chi connectivity index (χ0n) is 13.3. The van der Waals surface area contributed by atoms with Crippen LogP contribution in [0.4, 0.5) is 8.78 Å². The van der Waals surface area contributed by atoms with Crippen molar-refractivity contribution in [1.82, 2.24) is 5.32 Å². The number of rotatable bonds is 8. The summed E-state index contributed by atoms with van der Waals surface area (Å²) >= 11 is 0. The zero-order valence-corrected chi connectivity index (χ0v) is 13.3. The third-order valence-corrected chi connectivity index (χ3v) is 3.82. The Bertz CT molecular complexity index is 662. The maximum absolute atomic E-state index is 13.6. The molecule has 24 heavy (non-hydrogen) atoms. The number of amides is 1. The van der Waals surface area contributed by atoms with E-state index in [9.17, 15) is 13.6 Å². The molecule has 0 saturated heterocycles. The molecule has 2 aromatic carbocycles. The second-order valence-electron chi connectivity index (χ2n) is 5.63. The van der Waals surface area contributed by atoms with E-state index in [1.165, 1.54) is 12.1 Å². The van der Waals surface area contributed by atoms with Crippen LogP contribution in [0.3, 0.4) is 0 Å². The topological polar surface area (TPSA) is 49.3 Å². The maximum Gasteiger partial charge on any atom is 0.220 e. The first kappa shape index (κ1) is 18.1. The molecule has 0 spiro atoms. The summed E-state index contributed by atoms with van der Waals surface area (Å²) < 4.78 is 26.5. The summed E-state index contributed by atoms with van der Waals surface area (Å²) in [5, 5.41) is 11.9. The van der Waals surface area contributed by atoms with E-state index in [0.29, 0.717) is 18.4 Å². The van der Waals surface area contributed by atoms with Gasteiger partial charge in [0.25, 0.3) is 0 Å². The van der Waals surface area contributed by atoms with Gasteiger partial charge in [-0.25, -0.2) is 8.78 Å². The van der Waals surface area contributed by atoms with Crippen LogP contribution in [0.1, 0.15) is 36.4 Å². The van der Waals surface area contributed by atoms with Gasteiger partial charge in [-0.05, 0) is 36.5 Å². The minimum absolute atomic E-state index is 0.0556. The molecule has 0 radical (unpaired) electrons. The lowest BCUT2D eigenvalue weighted by Gasteiger charge is -2.19. The highest BCUT2D eigenvalue weighted by Crippen LogP contribution is 2.19. The van der Waals surface area contributed by atoms with Crippen molar-refractivity contribution < 1.29 is 18.7 Å². The number of nitrogens with one attached hydrogen (secondary N) is 1. The molecule has 0 aliphatic carbocycles. The normalized spacial score (nSPS) is 12.0. The van der Waals surface area contributed by atoms with Crippen molar-refractivity contribution in [2.24, 2.45) is 0 Å². The summed E-state index contributed by atoms with van der Waals surface area (Å²) in [6.07, 6.45) is 1.52. The molecule has 0 aliphatic heterocycles. The van der Waals surface area contributed by atoms with Gasteiger partial charge in [-0.3, -0.25) is 4.79 Å². The van der Waals surface area contributed by atoms with Gasteiger partial charge in [0.05, 0.1) is 6.04 Å². The maximum atomic E-state index is 13.6. The van der Waals surface area contributed by atoms with Crippen molar-refractivity contribution in [3.63, 3.8) is 0 Å². The number of halogens is 2. The van der Waals surface area contributed by atoms with Crippen LogP contribution < -0.4 is 5.32 Å². The van der Waals surface area contributed by atoms with E-state index >= 15 is 0 Å². The average molecular weight is 333 g/mol. The summed E-state index contributed by atoms with van der Waals surface area (Å²) in [4.78, 5) is 12.2. The van der Waals surface area contributed by atoms with E-state index in [1.807, 2.05) is 30.3 Å². The predicted molar refractivity (Wildman–Crippen MR) is 88.3 cm³/mol. The molecule has 2 N–H and O–H groups in total. The molecule has 128 valence electrons. The predicted octanol–water partition coefficient (Wildman–Crippen LogP) is 3.53. The molecular weight excluding hydrogens is 312 g/mol. The lowest BCUT2D eigenvalue weighted by molar-refractivity contribution is -0.121. The van der Waals surface area contributed by atoms with E-state index < -0.39 is 11.6 Å². The Hall–Kier alpha value is -2.27. The van der Waals surface area contributed by atoms with Crippen molar-refractivity contribution in [1.29, 1.82) is 0 Å². The lowest BCUT2D eigenvalue weighted by Crippen LogP contribution is -2.29. The highest BCUT2D eigenvalue weighted by molar-refractivity contribution is 5.76. The van der Waals surface area contributed by atoms with E-state index in [4.69, 9.17) is 5.11 Å². The fourth-order valence-corrected chi connectivity index (χ4v) is 2.54. The molecular formula is C19H21F2NO2. The first-order valence-corrected chi connectivity index (χ1v) is 7.99. The second-order valence-corrected chi connectivity index (χ2v) is 5.63. The van der Waals surface area contributed by atoms with Gasteiger partial charge in [0.15, 0.2) is 0 Å². The summed E-state index contributed by atoms with van der Waals surface area (Å²) in [5.74, 6) is -1.47. The monoisotopic (exact) mass is 333 g/mol. The molecule has 3 nitrogen and oxygen atoms in total. The molecule has 0 fully saturated rings. The Kier molecular flexibility index (Phi) is 6.88. The number of benzene rings is 2. The minimum Gasteiger partial charge on any atom is -0.396 e. The zero-order chi connectivity index (χ0) is 17.4. The number of aliphatic hydroxyl groups is 1. The molecule has 0 aliphatic rings. The van der Waals surface area contributed by atoms with Crippen LogP contribution in [0, 0.1) is 11.6 Å². The molecule has 0 saturated carbocycles. The molecule has 0 bridgehead atoms. The van der Waals surface area contributed by atoms with Crippen LogP contribution in [0.5, 0.6) is 0 Å². The Labute approximate surface area is 140 Å². The van der Waals surface area contributed by atoms with Gasteiger partial charge in [0.1, 0.15) is 11.6 Å². The average Bonchev–Trinajstić information content (AvgIpc) is 2.58. The first-order chi connectivity index (χ1) is 11.6. The van der Waals surface area contributed by atoms with Gasteiger partial charge >= 0.3 is 0 Å². The lowest BCUT2D eigenvalue weighted by atomic mass is 10.0. The van der Waals surface area contributed by atoms with Gasteiger partial charge < -0.3 is 10.4 Å². The largest absolute Gasteiger partial charge is 0.396 e. The highest BCUT2D eigenvalue weighted by Gasteiger charge is 2.14. The standard InChI is InChI=1S/C19H21F2NO2/c20-16-10-8-14(17(21)13-16)9-11-19(24)22-18(7-4-12-23)15-5-2-1-3-6-15/h1-3,5-6,8,10,13,18,23H,4,7,9,11-12H2,(H,22,24). The highest BCUT2D eigenvalue weighted by atomic mass is 19.1. The number of carbonyl (C=O) groups excluding carboxylic acids is 1. The van der Waals surface area contributed by atoms with Crippen LogP contribution in [-0.2, 0) is 11.2 Å². The van der Waals surface area contributed by atoms with Crippen LogP contribution in [0.15, 0.2) is 48.5 Å². The van der Waals surface area contributed by atoms with Gasteiger partial charge in [0, 0.05) is 19.1 Å². The van der Waals surface area contributed by atoms with Crippen molar-refractivity contribution in [3.8, 4) is 0 Å². The van der Waals surface area contributed by atoms with E-state index in [0.717, 1.165) is 11.6 Å². The summed E-state index contributed by atoms with van der Waals surface area (Å²) in [6.45, 7) is 0.0556. The third kappa shape index (κ3) is 5.42. The molecule has 1 unspecified atom stereocenters. The SMILES string of the molecule is O=C(CCc1ccc(F)cc1F)NC(CCCO)c1ccccc1. The number of aryl methyl sites for hydroxylation is 1. The summed E-state index contributed by atoms with van der Waals surface area (Å²) in [5.41, 5.74) is 1.28. The molecule has 0 heterocycles. The first-order valence-electron chi connectivity index (χ1n) is 7.99. The quantitative estimate of drug-likeness (QED) is 0.776. The number of aliphatic hydroxyl groups excluding tert-OH is 1. The Morgan fingerprint density at radius 1 is 1.12 bits per heavy atom. The smallest absolute Gasteiger partial charge is 0.220 e. The molecule has 2 aromatic rings. The molecule has 5 heteroatoms. The van der Waals surface area contributed by atoms with Gasteiger partial charge in [0.2, 0.25) is 5.91 Å². The van der Waals surface area contributed by atoms with E-state index in [1.54, 1.807) is 0 Å². The third-order valence-electron chi connectivity index (χ3n) is 3.82. The van der Waals surface area contributed by atoms with Crippen LogP contribution in [0.2, 0.25) is 0 Å². The van der Waals surface area contributed by atoms with Crippen LogP contribution >= 0.6 is 0 Å².